The smallest absolute Gasteiger partial charge is 0.164 e. The molecule has 0 saturated heterocycles. The van der Waals surface area contributed by atoms with E-state index < -0.39 is 8.38 Å². The highest BCUT2D eigenvalue weighted by atomic mass is 31.2. The molecule has 0 bridgehead atoms. The highest BCUT2D eigenvalue weighted by molar-refractivity contribution is 7.45. The normalized spacial score (nSPS) is 36.0. The Kier molecular flexibility index (Phi) is 4.82. The first-order valence-corrected chi connectivity index (χ1v) is 7.26. The van der Waals surface area contributed by atoms with Crippen LogP contribution >= 0.6 is 8.38 Å². The fraction of sp³-hybridized carbons (Fsp3) is 1.00. The van der Waals surface area contributed by atoms with Crippen molar-refractivity contribution in [2.75, 3.05) is 6.66 Å². The molecule has 0 amide bonds. The van der Waals surface area contributed by atoms with E-state index in [0.717, 1.165) is 12.3 Å². The first kappa shape index (κ1) is 12.4. The van der Waals surface area contributed by atoms with Crippen LogP contribution in [0.1, 0.15) is 40.0 Å². The lowest BCUT2D eigenvalue weighted by Gasteiger charge is -2.37. The predicted molar refractivity (Wildman–Crippen MR) is 61.3 cm³/mol. The molecule has 14 heavy (non-hydrogen) atoms. The van der Waals surface area contributed by atoms with Crippen LogP contribution < -0.4 is 0 Å². The molecule has 84 valence electrons. The first-order chi connectivity index (χ1) is 6.50. The average molecular weight is 218 g/mol. The minimum atomic E-state index is -1.19. The Morgan fingerprint density at radius 2 is 2.00 bits per heavy atom. The van der Waals surface area contributed by atoms with E-state index in [1.165, 1.54) is 12.8 Å². The summed E-state index contributed by atoms with van der Waals surface area (Å²) < 4.78 is 5.66. The van der Waals surface area contributed by atoms with Gasteiger partial charge >= 0.3 is 0 Å². The van der Waals surface area contributed by atoms with Crippen molar-refractivity contribution < 1.29 is 9.42 Å². The van der Waals surface area contributed by atoms with Crippen LogP contribution in [0.15, 0.2) is 0 Å². The maximum atomic E-state index is 9.33. The van der Waals surface area contributed by atoms with Gasteiger partial charge in [0.1, 0.15) is 0 Å². The minimum Gasteiger partial charge on any atom is -0.350 e. The Bertz CT molecular complexity index is 169. The molecule has 1 aliphatic carbocycles. The highest BCUT2D eigenvalue weighted by Crippen LogP contribution is 2.41. The van der Waals surface area contributed by atoms with E-state index in [0.29, 0.717) is 17.9 Å². The summed E-state index contributed by atoms with van der Waals surface area (Å²) in [7, 11) is -1.19. The van der Waals surface area contributed by atoms with Crippen molar-refractivity contribution in [3.8, 4) is 0 Å². The third-order valence-corrected chi connectivity index (χ3v) is 3.83. The second-order valence-corrected chi connectivity index (χ2v) is 6.07. The molecule has 1 rings (SSSR count). The molecule has 4 unspecified atom stereocenters. The van der Waals surface area contributed by atoms with E-state index in [4.69, 9.17) is 4.52 Å². The third-order valence-electron chi connectivity index (χ3n) is 3.25. The van der Waals surface area contributed by atoms with Gasteiger partial charge in [-0.05, 0) is 30.6 Å². The number of hydrogen-bond donors (Lipinski definition) is 1. The van der Waals surface area contributed by atoms with Crippen molar-refractivity contribution in [2.45, 2.75) is 46.1 Å². The van der Waals surface area contributed by atoms with Crippen molar-refractivity contribution in [1.29, 1.82) is 0 Å². The maximum absolute atomic E-state index is 9.33. The quantitative estimate of drug-likeness (QED) is 0.736. The summed E-state index contributed by atoms with van der Waals surface area (Å²) in [6.45, 7) is 8.56. The van der Waals surface area contributed by atoms with Gasteiger partial charge in [-0.3, -0.25) is 0 Å². The topological polar surface area (TPSA) is 29.5 Å². The van der Waals surface area contributed by atoms with Gasteiger partial charge < -0.3 is 9.42 Å². The van der Waals surface area contributed by atoms with Crippen LogP contribution in [0.3, 0.4) is 0 Å². The largest absolute Gasteiger partial charge is 0.350 e. The molecule has 1 saturated carbocycles. The molecule has 0 aromatic heterocycles. The van der Waals surface area contributed by atoms with Crippen LogP contribution in [-0.2, 0) is 4.52 Å². The van der Waals surface area contributed by atoms with Crippen molar-refractivity contribution in [2.24, 2.45) is 17.8 Å². The molecule has 0 aromatic rings. The maximum Gasteiger partial charge on any atom is 0.164 e. The van der Waals surface area contributed by atoms with Gasteiger partial charge in [0.2, 0.25) is 0 Å². The fourth-order valence-corrected chi connectivity index (χ4v) is 3.07. The molecule has 4 atom stereocenters. The lowest BCUT2D eigenvalue weighted by molar-refractivity contribution is 0.0484. The number of rotatable bonds is 3. The summed E-state index contributed by atoms with van der Waals surface area (Å²) in [6, 6.07) is 0. The molecule has 0 radical (unpaired) electrons. The van der Waals surface area contributed by atoms with Gasteiger partial charge in [-0.25, -0.2) is 0 Å². The second-order valence-electron chi connectivity index (χ2n) is 4.93. The lowest BCUT2D eigenvalue weighted by Crippen LogP contribution is -2.33. The zero-order chi connectivity index (χ0) is 10.7. The molecule has 0 heterocycles. The average Bonchev–Trinajstić information content (AvgIpc) is 2.01. The SMILES string of the molecule is CC1CCC(C(C)C)C(OP(C)O)C1. The first-order valence-electron chi connectivity index (χ1n) is 5.60. The van der Waals surface area contributed by atoms with Crippen LogP contribution in [0.2, 0.25) is 0 Å². The van der Waals surface area contributed by atoms with E-state index in [1.807, 2.05) is 0 Å². The van der Waals surface area contributed by atoms with Crippen molar-refractivity contribution in [3.63, 3.8) is 0 Å². The molecule has 2 nitrogen and oxygen atoms in total. The summed E-state index contributed by atoms with van der Waals surface area (Å²) in [5, 5.41) is 0. The molecular weight excluding hydrogens is 195 g/mol. The van der Waals surface area contributed by atoms with Gasteiger partial charge in [-0.2, -0.15) is 0 Å². The lowest BCUT2D eigenvalue weighted by atomic mass is 9.75. The standard InChI is InChI=1S/C11H23O2P/c1-8(2)10-6-5-9(3)7-11(10)13-14(4)12/h8-12H,5-7H2,1-4H3. The van der Waals surface area contributed by atoms with Gasteiger partial charge in [-0.1, -0.05) is 27.2 Å². The van der Waals surface area contributed by atoms with Crippen molar-refractivity contribution in [3.05, 3.63) is 0 Å². The van der Waals surface area contributed by atoms with E-state index in [2.05, 4.69) is 20.8 Å². The monoisotopic (exact) mass is 218 g/mol. The summed E-state index contributed by atoms with van der Waals surface area (Å²) >= 11 is 0. The summed E-state index contributed by atoms with van der Waals surface area (Å²) in [5.41, 5.74) is 0. The van der Waals surface area contributed by atoms with Gasteiger partial charge in [0.15, 0.2) is 8.38 Å². The summed E-state index contributed by atoms with van der Waals surface area (Å²) in [4.78, 5) is 9.33. The second kappa shape index (κ2) is 5.44. The third kappa shape index (κ3) is 3.49. The molecule has 0 aliphatic heterocycles. The Hall–Kier alpha value is 0.350. The minimum absolute atomic E-state index is 0.292. The molecule has 0 aromatic carbocycles. The highest BCUT2D eigenvalue weighted by Gasteiger charge is 2.32. The van der Waals surface area contributed by atoms with Gasteiger partial charge in [0, 0.05) is 6.66 Å². The van der Waals surface area contributed by atoms with E-state index >= 15 is 0 Å². The van der Waals surface area contributed by atoms with Gasteiger partial charge in [-0.15, -0.1) is 0 Å². The molecule has 3 heteroatoms. The van der Waals surface area contributed by atoms with Crippen LogP contribution in [0.25, 0.3) is 0 Å². The molecule has 1 aliphatic rings. The van der Waals surface area contributed by atoms with Gasteiger partial charge in [0.05, 0.1) is 6.10 Å². The van der Waals surface area contributed by atoms with E-state index in [9.17, 15) is 4.89 Å². The summed E-state index contributed by atoms with van der Waals surface area (Å²) in [5.74, 6) is 2.07. The van der Waals surface area contributed by atoms with Crippen LogP contribution in [0, 0.1) is 17.8 Å². The van der Waals surface area contributed by atoms with Crippen LogP contribution in [-0.4, -0.2) is 17.7 Å². The molecule has 0 spiro atoms. The molecule has 1 N–H and O–H groups in total. The number of hydrogen-bond acceptors (Lipinski definition) is 2. The van der Waals surface area contributed by atoms with Crippen molar-refractivity contribution >= 4 is 8.38 Å². The zero-order valence-electron chi connectivity index (χ0n) is 9.73. The zero-order valence-corrected chi connectivity index (χ0v) is 10.6. The fourth-order valence-electron chi connectivity index (χ4n) is 2.43. The summed E-state index contributed by atoms with van der Waals surface area (Å²) in [6.07, 6.45) is 3.98. The Labute approximate surface area is 89.0 Å². The van der Waals surface area contributed by atoms with E-state index in [1.54, 1.807) is 6.66 Å². The van der Waals surface area contributed by atoms with Gasteiger partial charge in [0.25, 0.3) is 0 Å². The Balaban J connectivity index is 2.54. The van der Waals surface area contributed by atoms with E-state index in [-0.39, 0.29) is 0 Å². The predicted octanol–water partition coefficient (Wildman–Crippen LogP) is 3.40. The van der Waals surface area contributed by atoms with Crippen molar-refractivity contribution in [1.82, 2.24) is 0 Å². The Morgan fingerprint density at radius 1 is 1.36 bits per heavy atom. The van der Waals surface area contributed by atoms with Crippen LogP contribution in [0.4, 0.5) is 0 Å². The molecule has 1 fully saturated rings. The molecular formula is C11H23O2P. The Morgan fingerprint density at radius 3 is 2.50 bits per heavy atom. The van der Waals surface area contributed by atoms with Crippen LogP contribution in [0.5, 0.6) is 0 Å².